The fraction of sp³-hybridized carbons (Fsp3) is 0.867. The number of likely N-dealkylation sites (tertiary alicyclic amines) is 2. The number of amides is 2. The van der Waals surface area contributed by atoms with Crippen molar-refractivity contribution in [2.75, 3.05) is 32.8 Å². The number of carbonyl (C=O) groups is 2. The molecule has 5 nitrogen and oxygen atoms in total. The quantitative estimate of drug-likeness (QED) is 0.796. The summed E-state index contributed by atoms with van der Waals surface area (Å²) < 4.78 is 5.25. The molecule has 20 heavy (non-hydrogen) atoms. The summed E-state index contributed by atoms with van der Waals surface area (Å²) in [4.78, 5) is 28.1. The molecule has 2 aliphatic heterocycles. The van der Waals surface area contributed by atoms with Crippen molar-refractivity contribution in [3.05, 3.63) is 0 Å². The highest BCUT2D eigenvalue weighted by molar-refractivity contribution is 5.84. The van der Waals surface area contributed by atoms with E-state index in [0.29, 0.717) is 25.6 Å². The zero-order valence-electron chi connectivity index (χ0n) is 12.9. The molecule has 0 bridgehead atoms. The minimum absolute atomic E-state index is 0.203. The third-order valence-corrected chi connectivity index (χ3v) is 4.18. The second kappa shape index (κ2) is 6.02. The fourth-order valence-corrected chi connectivity index (χ4v) is 2.92. The molecule has 0 saturated carbocycles. The molecule has 0 N–H and O–H groups in total. The first-order valence-corrected chi connectivity index (χ1v) is 7.63. The van der Waals surface area contributed by atoms with Crippen molar-refractivity contribution in [3.63, 3.8) is 0 Å². The van der Waals surface area contributed by atoms with E-state index in [1.165, 1.54) is 0 Å². The van der Waals surface area contributed by atoms with Crippen LogP contribution in [0, 0.1) is 11.3 Å². The molecule has 1 atom stereocenters. The molecule has 5 heteroatoms. The monoisotopic (exact) mass is 282 g/mol. The molecule has 2 heterocycles. The third-order valence-electron chi connectivity index (χ3n) is 4.18. The summed E-state index contributed by atoms with van der Waals surface area (Å²) in [7, 11) is 0. The Kier molecular flexibility index (Phi) is 4.55. The van der Waals surface area contributed by atoms with Gasteiger partial charge in [0.2, 0.25) is 5.91 Å². The van der Waals surface area contributed by atoms with E-state index in [9.17, 15) is 9.59 Å². The molecule has 114 valence electrons. The lowest BCUT2D eigenvalue weighted by atomic mass is 9.88. The maximum Gasteiger partial charge on any atom is 0.409 e. The molecule has 0 aliphatic carbocycles. The first-order valence-electron chi connectivity index (χ1n) is 7.63. The highest BCUT2D eigenvalue weighted by Gasteiger charge is 2.44. The Morgan fingerprint density at radius 2 is 1.80 bits per heavy atom. The summed E-state index contributed by atoms with van der Waals surface area (Å²) in [6, 6.07) is 0. The molecule has 0 aromatic carbocycles. The number of hydrogen-bond acceptors (Lipinski definition) is 3. The highest BCUT2D eigenvalue weighted by atomic mass is 16.6. The van der Waals surface area contributed by atoms with E-state index in [4.69, 9.17) is 4.74 Å². The molecule has 1 unspecified atom stereocenters. The zero-order chi connectivity index (χ0) is 14.8. The standard InChI is InChI=1S/C15H26N2O3/c1-12(2)10-20-14(19)17-9-6-15(3,11-17)13(18)16-7-4-5-8-16/h12H,4-11H2,1-3H3. The number of hydrogen-bond donors (Lipinski definition) is 0. The van der Waals surface area contributed by atoms with Crippen LogP contribution in [0.5, 0.6) is 0 Å². The maximum absolute atomic E-state index is 12.6. The van der Waals surface area contributed by atoms with Gasteiger partial charge in [-0.15, -0.1) is 0 Å². The number of rotatable bonds is 3. The van der Waals surface area contributed by atoms with Crippen molar-refractivity contribution in [1.82, 2.24) is 9.80 Å². The second-order valence-electron chi connectivity index (χ2n) is 6.70. The Labute approximate surface area is 121 Å². The summed E-state index contributed by atoms with van der Waals surface area (Å²) in [5.74, 6) is 0.535. The van der Waals surface area contributed by atoms with Crippen LogP contribution >= 0.6 is 0 Å². The lowest BCUT2D eigenvalue weighted by Gasteiger charge is -2.28. The fourth-order valence-electron chi connectivity index (χ4n) is 2.92. The summed E-state index contributed by atoms with van der Waals surface area (Å²) in [5.41, 5.74) is -0.429. The van der Waals surface area contributed by atoms with Crippen molar-refractivity contribution >= 4 is 12.0 Å². The van der Waals surface area contributed by atoms with Gasteiger partial charge in [0.25, 0.3) is 0 Å². The Morgan fingerprint density at radius 1 is 1.15 bits per heavy atom. The summed E-state index contributed by atoms with van der Waals surface area (Å²) in [5, 5.41) is 0. The summed E-state index contributed by atoms with van der Waals surface area (Å²) in [6.07, 6.45) is 2.65. The minimum atomic E-state index is -0.429. The predicted molar refractivity (Wildman–Crippen MR) is 76.3 cm³/mol. The molecule has 0 spiro atoms. The van der Waals surface area contributed by atoms with Crippen LogP contribution in [0.3, 0.4) is 0 Å². The van der Waals surface area contributed by atoms with Crippen molar-refractivity contribution in [1.29, 1.82) is 0 Å². The molecule has 0 aromatic heterocycles. The maximum atomic E-state index is 12.6. The van der Waals surface area contributed by atoms with Gasteiger partial charge >= 0.3 is 6.09 Å². The van der Waals surface area contributed by atoms with Crippen molar-refractivity contribution in [3.8, 4) is 0 Å². The van der Waals surface area contributed by atoms with Gasteiger partial charge in [0.1, 0.15) is 0 Å². The van der Waals surface area contributed by atoms with Crippen molar-refractivity contribution in [2.24, 2.45) is 11.3 Å². The molecule has 0 aromatic rings. The van der Waals surface area contributed by atoms with Gasteiger partial charge in [0.15, 0.2) is 0 Å². The minimum Gasteiger partial charge on any atom is -0.449 e. The Bertz CT molecular complexity index is 377. The van der Waals surface area contributed by atoms with Crippen molar-refractivity contribution < 1.29 is 14.3 Å². The molecular weight excluding hydrogens is 256 g/mol. The molecule has 2 aliphatic rings. The zero-order valence-corrected chi connectivity index (χ0v) is 12.9. The van der Waals surface area contributed by atoms with E-state index >= 15 is 0 Å². The van der Waals surface area contributed by atoms with Gasteiger partial charge in [0, 0.05) is 26.2 Å². The van der Waals surface area contributed by atoms with Crippen LogP contribution in [0.2, 0.25) is 0 Å². The third kappa shape index (κ3) is 3.25. The second-order valence-corrected chi connectivity index (χ2v) is 6.70. The SMILES string of the molecule is CC(C)COC(=O)N1CCC(C)(C(=O)N2CCCC2)C1. The number of carbonyl (C=O) groups excluding carboxylic acids is 2. The van der Waals surface area contributed by atoms with Crippen LogP contribution < -0.4 is 0 Å². The molecule has 2 saturated heterocycles. The highest BCUT2D eigenvalue weighted by Crippen LogP contribution is 2.33. The summed E-state index contributed by atoms with van der Waals surface area (Å²) >= 11 is 0. The van der Waals surface area contributed by atoms with Gasteiger partial charge in [-0.05, 0) is 32.1 Å². The number of nitrogens with zero attached hydrogens (tertiary/aromatic N) is 2. The smallest absolute Gasteiger partial charge is 0.409 e. The van der Waals surface area contributed by atoms with Crippen LogP contribution in [-0.4, -0.2) is 54.6 Å². The largest absolute Gasteiger partial charge is 0.449 e. The lowest BCUT2D eigenvalue weighted by molar-refractivity contribution is -0.139. The molecule has 2 fully saturated rings. The molecular formula is C15H26N2O3. The van der Waals surface area contributed by atoms with Crippen molar-refractivity contribution in [2.45, 2.75) is 40.0 Å². The Morgan fingerprint density at radius 3 is 2.40 bits per heavy atom. The molecule has 0 radical (unpaired) electrons. The van der Waals surface area contributed by atoms with Gasteiger partial charge < -0.3 is 14.5 Å². The van der Waals surface area contributed by atoms with Crippen LogP contribution in [0.4, 0.5) is 4.79 Å². The Hall–Kier alpha value is -1.26. The van der Waals surface area contributed by atoms with Gasteiger partial charge in [-0.2, -0.15) is 0 Å². The average Bonchev–Trinajstić information content (AvgIpc) is 3.05. The first kappa shape index (κ1) is 15.1. The summed E-state index contributed by atoms with van der Waals surface area (Å²) in [6.45, 7) is 9.27. The van der Waals surface area contributed by atoms with E-state index < -0.39 is 5.41 Å². The molecule has 2 amide bonds. The van der Waals surface area contributed by atoms with E-state index in [0.717, 1.165) is 32.4 Å². The first-order chi connectivity index (χ1) is 9.42. The normalized spacial score (nSPS) is 26.4. The van der Waals surface area contributed by atoms with E-state index in [2.05, 4.69) is 0 Å². The van der Waals surface area contributed by atoms with Gasteiger partial charge in [-0.3, -0.25) is 4.79 Å². The average molecular weight is 282 g/mol. The van der Waals surface area contributed by atoms with E-state index in [-0.39, 0.29) is 12.0 Å². The van der Waals surface area contributed by atoms with Gasteiger partial charge in [-0.1, -0.05) is 13.8 Å². The predicted octanol–water partition coefficient (Wildman–Crippen LogP) is 2.11. The van der Waals surface area contributed by atoms with Crippen LogP contribution in [0.15, 0.2) is 0 Å². The Balaban J connectivity index is 1.89. The van der Waals surface area contributed by atoms with Crippen LogP contribution in [-0.2, 0) is 9.53 Å². The van der Waals surface area contributed by atoms with Crippen LogP contribution in [0.1, 0.15) is 40.0 Å². The van der Waals surface area contributed by atoms with E-state index in [1.807, 2.05) is 25.7 Å². The van der Waals surface area contributed by atoms with Crippen LogP contribution in [0.25, 0.3) is 0 Å². The topological polar surface area (TPSA) is 49.9 Å². The van der Waals surface area contributed by atoms with E-state index in [1.54, 1.807) is 4.90 Å². The number of ether oxygens (including phenoxy) is 1. The van der Waals surface area contributed by atoms with Gasteiger partial charge in [-0.25, -0.2) is 4.79 Å². The molecule has 2 rings (SSSR count). The lowest BCUT2D eigenvalue weighted by Crippen LogP contribution is -2.43. The van der Waals surface area contributed by atoms with Gasteiger partial charge in [0.05, 0.1) is 12.0 Å².